The highest BCUT2D eigenvalue weighted by atomic mass is 16.1. The number of ketones is 1. The number of carbonyl (C=O) groups excluding carboxylic acids is 1. The molecule has 2 aromatic carbocycles. The maximum absolute atomic E-state index is 12.4. The Labute approximate surface area is 138 Å². The molecule has 1 fully saturated rings. The second kappa shape index (κ2) is 6.29. The average molecular weight is 305 g/mol. The first-order valence-electron chi connectivity index (χ1n) is 8.75. The third-order valence-electron chi connectivity index (χ3n) is 5.40. The van der Waals surface area contributed by atoms with Crippen LogP contribution in [-0.2, 0) is 6.54 Å². The summed E-state index contributed by atoms with van der Waals surface area (Å²) in [6.07, 6.45) is 5.80. The Hall–Kier alpha value is -1.93. The van der Waals surface area contributed by atoms with Crippen LogP contribution in [0.3, 0.4) is 0 Å². The standard InChI is InChI=1S/C21H23NO/c23-21-14-20(18-12-6-7-13-19(18)21)22(17-10-4-5-11-17)15-16-8-2-1-3-9-16/h1-3,6-9,12-13,17,20H,4-5,10-11,14-15H2. The van der Waals surface area contributed by atoms with Crippen LogP contribution in [0.15, 0.2) is 54.6 Å². The van der Waals surface area contributed by atoms with Gasteiger partial charge in [0.2, 0.25) is 0 Å². The van der Waals surface area contributed by atoms with E-state index in [4.69, 9.17) is 0 Å². The van der Waals surface area contributed by atoms with Crippen LogP contribution in [0.25, 0.3) is 0 Å². The number of Topliss-reactive ketones (excluding diaryl/α,β-unsaturated/α-hetero) is 1. The number of carbonyl (C=O) groups is 1. The fourth-order valence-electron chi connectivity index (χ4n) is 4.26. The number of fused-ring (bicyclic) bond motifs is 1. The molecule has 1 unspecified atom stereocenters. The second-order valence-corrected chi connectivity index (χ2v) is 6.83. The maximum Gasteiger partial charge on any atom is 0.165 e. The molecule has 0 N–H and O–H groups in total. The van der Waals surface area contributed by atoms with Gasteiger partial charge in [0.25, 0.3) is 0 Å². The van der Waals surface area contributed by atoms with Crippen LogP contribution in [0.2, 0.25) is 0 Å². The molecule has 2 aliphatic rings. The van der Waals surface area contributed by atoms with E-state index >= 15 is 0 Å². The molecule has 1 atom stereocenters. The minimum Gasteiger partial charge on any atom is -0.294 e. The predicted molar refractivity (Wildman–Crippen MR) is 92.4 cm³/mol. The summed E-state index contributed by atoms with van der Waals surface area (Å²) in [5, 5.41) is 0. The first-order valence-corrected chi connectivity index (χ1v) is 8.75. The first kappa shape index (κ1) is 14.6. The van der Waals surface area contributed by atoms with Crippen LogP contribution in [0.1, 0.15) is 59.6 Å². The molecule has 0 radical (unpaired) electrons. The molecule has 23 heavy (non-hydrogen) atoms. The van der Waals surface area contributed by atoms with Crippen LogP contribution >= 0.6 is 0 Å². The summed E-state index contributed by atoms with van der Waals surface area (Å²) in [6.45, 7) is 0.942. The van der Waals surface area contributed by atoms with Gasteiger partial charge >= 0.3 is 0 Å². The quantitative estimate of drug-likeness (QED) is 0.811. The molecular formula is C21H23NO. The molecule has 0 aliphatic heterocycles. The molecule has 0 bridgehead atoms. The second-order valence-electron chi connectivity index (χ2n) is 6.83. The van der Waals surface area contributed by atoms with Crippen molar-refractivity contribution >= 4 is 5.78 Å². The van der Waals surface area contributed by atoms with Gasteiger partial charge in [0, 0.05) is 30.6 Å². The Morgan fingerprint density at radius 3 is 2.39 bits per heavy atom. The van der Waals surface area contributed by atoms with Gasteiger partial charge in [-0.15, -0.1) is 0 Å². The zero-order valence-corrected chi connectivity index (χ0v) is 13.4. The summed E-state index contributed by atoms with van der Waals surface area (Å²) < 4.78 is 0. The molecule has 0 heterocycles. The van der Waals surface area contributed by atoms with Crippen molar-refractivity contribution < 1.29 is 4.79 Å². The van der Waals surface area contributed by atoms with Crippen LogP contribution in [0.5, 0.6) is 0 Å². The van der Waals surface area contributed by atoms with Gasteiger partial charge in [-0.05, 0) is 24.0 Å². The van der Waals surface area contributed by atoms with E-state index in [0.717, 1.165) is 12.1 Å². The van der Waals surface area contributed by atoms with Gasteiger partial charge in [-0.1, -0.05) is 67.4 Å². The Kier molecular flexibility index (Phi) is 4.00. The summed E-state index contributed by atoms with van der Waals surface area (Å²) in [4.78, 5) is 15.0. The third kappa shape index (κ3) is 2.84. The molecule has 4 rings (SSSR count). The molecule has 2 nitrogen and oxygen atoms in total. The smallest absolute Gasteiger partial charge is 0.165 e. The minimum absolute atomic E-state index is 0.252. The summed E-state index contributed by atoms with van der Waals surface area (Å²) in [5.41, 5.74) is 3.52. The van der Waals surface area contributed by atoms with Gasteiger partial charge < -0.3 is 0 Å². The monoisotopic (exact) mass is 305 g/mol. The highest BCUT2D eigenvalue weighted by molar-refractivity contribution is 6.01. The van der Waals surface area contributed by atoms with Crippen molar-refractivity contribution in [2.75, 3.05) is 0 Å². The molecule has 0 saturated heterocycles. The Bertz CT molecular complexity index is 688. The van der Waals surface area contributed by atoms with Crippen molar-refractivity contribution in [1.82, 2.24) is 4.90 Å². The zero-order chi connectivity index (χ0) is 15.6. The van der Waals surface area contributed by atoms with E-state index in [-0.39, 0.29) is 6.04 Å². The number of hydrogen-bond acceptors (Lipinski definition) is 2. The summed E-state index contributed by atoms with van der Waals surface area (Å²) in [5.74, 6) is 0.307. The predicted octanol–water partition coefficient (Wildman–Crippen LogP) is 4.76. The van der Waals surface area contributed by atoms with Gasteiger partial charge in [0.1, 0.15) is 0 Å². The van der Waals surface area contributed by atoms with E-state index in [1.807, 2.05) is 12.1 Å². The van der Waals surface area contributed by atoms with E-state index in [9.17, 15) is 4.79 Å². The molecule has 2 heteroatoms. The maximum atomic E-state index is 12.4. The average Bonchev–Trinajstić information content (AvgIpc) is 3.23. The topological polar surface area (TPSA) is 20.3 Å². The Morgan fingerprint density at radius 2 is 1.61 bits per heavy atom. The summed E-state index contributed by atoms with van der Waals surface area (Å²) in [6, 6.07) is 19.7. The molecule has 2 aromatic rings. The van der Waals surface area contributed by atoms with E-state index < -0.39 is 0 Å². The van der Waals surface area contributed by atoms with Gasteiger partial charge in [0.05, 0.1) is 0 Å². The van der Waals surface area contributed by atoms with E-state index in [1.54, 1.807) is 0 Å². The SMILES string of the molecule is O=C1CC(N(Cc2ccccc2)C2CCCC2)c2ccccc21. The van der Waals surface area contributed by atoms with Crippen LogP contribution in [0, 0.1) is 0 Å². The number of hydrogen-bond donors (Lipinski definition) is 0. The molecule has 0 spiro atoms. The van der Waals surface area contributed by atoms with Gasteiger partial charge in [0.15, 0.2) is 5.78 Å². The fraction of sp³-hybridized carbons (Fsp3) is 0.381. The first-order chi connectivity index (χ1) is 11.3. The van der Waals surface area contributed by atoms with Crippen molar-refractivity contribution in [3.8, 4) is 0 Å². The van der Waals surface area contributed by atoms with Gasteiger partial charge in [-0.25, -0.2) is 0 Å². The van der Waals surface area contributed by atoms with Crippen LogP contribution < -0.4 is 0 Å². The lowest BCUT2D eigenvalue weighted by atomic mass is 10.0. The third-order valence-corrected chi connectivity index (χ3v) is 5.40. The Morgan fingerprint density at radius 1 is 0.913 bits per heavy atom. The Balaban J connectivity index is 1.67. The highest BCUT2D eigenvalue weighted by Crippen LogP contribution is 2.40. The summed E-state index contributed by atoms with van der Waals surface area (Å²) in [7, 11) is 0. The molecular weight excluding hydrogens is 282 g/mol. The van der Waals surface area contributed by atoms with E-state index in [2.05, 4.69) is 47.4 Å². The van der Waals surface area contributed by atoms with Crippen molar-refractivity contribution in [3.05, 3.63) is 71.3 Å². The molecule has 0 aromatic heterocycles. The van der Waals surface area contributed by atoms with E-state index in [0.29, 0.717) is 18.2 Å². The highest BCUT2D eigenvalue weighted by Gasteiger charge is 2.37. The fourth-order valence-corrected chi connectivity index (χ4v) is 4.26. The normalized spacial score (nSPS) is 21.1. The molecule has 118 valence electrons. The number of rotatable bonds is 4. The molecule has 1 saturated carbocycles. The zero-order valence-electron chi connectivity index (χ0n) is 13.4. The van der Waals surface area contributed by atoms with Gasteiger partial charge in [-0.3, -0.25) is 9.69 Å². The van der Waals surface area contributed by atoms with Crippen LogP contribution in [-0.4, -0.2) is 16.7 Å². The van der Waals surface area contributed by atoms with Crippen molar-refractivity contribution in [3.63, 3.8) is 0 Å². The van der Waals surface area contributed by atoms with Gasteiger partial charge in [-0.2, -0.15) is 0 Å². The van der Waals surface area contributed by atoms with E-state index in [1.165, 1.54) is 36.8 Å². The van der Waals surface area contributed by atoms with Crippen molar-refractivity contribution in [2.45, 2.75) is 50.7 Å². The number of benzene rings is 2. The summed E-state index contributed by atoms with van der Waals surface area (Å²) >= 11 is 0. The number of nitrogens with zero attached hydrogens (tertiary/aromatic N) is 1. The largest absolute Gasteiger partial charge is 0.294 e. The lowest BCUT2D eigenvalue weighted by molar-refractivity contribution is 0.0893. The molecule has 0 amide bonds. The van der Waals surface area contributed by atoms with Crippen LogP contribution in [0.4, 0.5) is 0 Å². The lowest BCUT2D eigenvalue weighted by Crippen LogP contribution is -2.35. The van der Waals surface area contributed by atoms with Crippen molar-refractivity contribution in [2.24, 2.45) is 0 Å². The lowest BCUT2D eigenvalue weighted by Gasteiger charge is -2.34. The minimum atomic E-state index is 0.252. The van der Waals surface area contributed by atoms with Crippen molar-refractivity contribution in [1.29, 1.82) is 0 Å². The molecule has 2 aliphatic carbocycles.